The molecule has 3 aromatic rings. The molecule has 7 heteroatoms. The lowest BCUT2D eigenvalue weighted by atomic mass is 10.1. The molecule has 5 rings (SSSR count). The molecule has 2 aliphatic heterocycles. The molecule has 0 saturated carbocycles. The number of benzene rings is 3. The molecule has 7 nitrogen and oxygen atoms in total. The zero-order chi connectivity index (χ0) is 23.5. The van der Waals surface area contributed by atoms with E-state index in [0.717, 1.165) is 56.4 Å². The van der Waals surface area contributed by atoms with Gasteiger partial charge in [-0.1, -0.05) is 18.2 Å². The highest BCUT2D eigenvalue weighted by atomic mass is 16.5. The van der Waals surface area contributed by atoms with Crippen LogP contribution in [0.5, 0.6) is 5.75 Å². The molecule has 0 unspecified atom stereocenters. The molecule has 0 bridgehead atoms. The Balaban J connectivity index is 1.20. The molecular formula is C27H33N5O2. The second-order valence-corrected chi connectivity index (χ2v) is 9.20. The minimum absolute atomic E-state index is 0.0319. The number of anilines is 3. The fourth-order valence-corrected chi connectivity index (χ4v) is 4.78. The zero-order valence-electron chi connectivity index (χ0n) is 19.8. The van der Waals surface area contributed by atoms with Crippen molar-refractivity contribution in [2.24, 2.45) is 0 Å². The Labute approximate surface area is 201 Å². The first-order chi connectivity index (χ1) is 16.6. The highest BCUT2D eigenvalue weighted by Crippen LogP contribution is 2.31. The average molecular weight is 460 g/mol. The molecule has 0 aliphatic carbocycles. The number of likely N-dealkylation sites (N-methyl/N-ethyl adjacent to an activating group) is 1. The lowest BCUT2D eigenvalue weighted by Gasteiger charge is -2.36. The summed E-state index contributed by atoms with van der Waals surface area (Å²) in [6.45, 7) is 7.21. The highest BCUT2D eigenvalue weighted by molar-refractivity contribution is 5.95. The van der Waals surface area contributed by atoms with E-state index in [1.54, 1.807) is 0 Å². The summed E-state index contributed by atoms with van der Waals surface area (Å²) >= 11 is 0. The van der Waals surface area contributed by atoms with Gasteiger partial charge in [-0.15, -0.1) is 0 Å². The molecule has 0 atom stereocenters. The molecule has 2 aliphatic rings. The Morgan fingerprint density at radius 2 is 1.56 bits per heavy atom. The summed E-state index contributed by atoms with van der Waals surface area (Å²) in [7, 11) is 2.17. The van der Waals surface area contributed by atoms with Crippen LogP contribution in [0.25, 0.3) is 10.8 Å². The molecule has 2 saturated heterocycles. The van der Waals surface area contributed by atoms with Gasteiger partial charge in [0.15, 0.2) is 6.61 Å². The van der Waals surface area contributed by atoms with Gasteiger partial charge in [0.25, 0.3) is 5.91 Å². The van der Waals surface area contributed by atoms with Gasteiger partial charge in [0, 0.05) is 74.8 Å². The number of rotatable bonds is 5. The largest absolute Gasteiger partial charge is 0.484 e. The summed E-state index contributed by atoms with van der Waals surface area (Å²) in [6.07, 6.45) is 0. The number of nitrogens with zero attached hydrogens (tertiary/aromatic N) is 4. The minimum atomic E-state index is 0.0319. The maximum atomic E-state index is 12.8. The summed E-state index contributed by atoms with van der Waals surface area (Å²) in [5.41, 5.74) is 8.94. The molecule has 34 heavy (non-hydrogen) atoms. The number of fused-ring (bicyclic) bond motifs is 1. The SMILES string of the molecule is CN1CCN(c2cccc3ccc(OCC(=O)N4CCN(c5ccc(N)cc5)CC4)cc23)CC1. The van der Waals surface area contributed by atoms with Crippen molar-refractivity contribution in [1.29, 1.82) is 0 Å². The Bertz CT molecular complexity index is 1130. The van der Waals surface area contributed by atoms with E-state index in [9.17, 15) is 4.79 Å². The van der Waals surface area contributed by atoms with E-state index in [2.05, 4.69) is 52.1 Å². The molecule has 2 fully saturated rings. The summed E-state index contributed by atoms with van der Waals surface area (Å²) in [4.78, 5) is 21.8. The first-order valence-electron chi connectivity index (χ1n) is 12.0. The van der Waals surface area contributed by atoms with E-state index in [4.69, 9.17) is 10.5 Å². The summed E-state index contributed by atoms with van der Waals surface area (Å²) in [6, 6.07) is 20.5. The number of hydrogen-bond acceptors (Lipinski definition) is 6. The van der Waals surface area contributed by atoms with Gasteiger partial charge in [-0.2, -0.15) is 0 Å². The van der Waals surface area contributed by atoms with Gasteiger partial charge in [0.1, 0.15) is 5.75 Å². The highest BCUT2D eigenvalue weighted by Gasteiger charge is 2.22. The van der Waals surface area contributed by atoms with E-state index in [0.29, 0.717) is 13.1 Å². The third kappa shape index (κ3) is 4.89. The van der Waals surface area contributed by atoms with Gasteiger partial charge in [-0.3, -0.25) is 4.79 Å². The second kappa shape index (κ2) is 9.81. The van der Waals surface area contributed by atoms with Crippen molar-refractivity contribution in [1.82, 2.24) is 9.80 Å². The van der Waals surface area contributed by atoms with Crippen molar-refractivity contribution in [3.63, 3.8) is 0 Å². The number of amides is 1. The predicted molar refractivity (Wildman–Crippen MR) is 139 cm³/mol. The van der Waals surface area contributed by atoms with Gasteiger partial charge in [0.2, 0.25) is 0 Å². The fraction of sp³-hybridized carbons (Fsp3) is 0.370. The molecule has 3 aromatic carbocycles. The van der Waals surface area contributed by atoms with E-state index >= 15 is 0 Å². The summed E-state index contributed by atoms with van der Waals surface area (Å²) < 4.78 is 5.97. The Kier molecular flexibility index (Phi) is 6.45. The topological polar surface area (TPSA) is 65.3 Å². The fourth-order valence-electron chi connectivity index (χ4n) is 4.78. The normalized spacial score (nSPS) is 17.3. The average Bonchev–Trinajstić information content (AvgIpc) is 2.88. The smallest absolute Gasteiger partial charge is 0.260 e. The molecule has 0 spiro atoms. The Hall–Kier alpha value is -3.45. The molecule has 2 heterocycles. The van der Waals surface area contributed by atoms with Crippen LogP contribution in [0.3, 0.4) is 0 Å². The van der Waals surface area contributed by atoms with Gasteiger partial charge in [-0.25, -0.2) is 0 Å². The maximum absolute atomic E-state index is 12.8. The lowest BCUT2D eigenvalue weighted by Crippen LogP contribution is -2.50. The molecule has 0 radical (unpaired) electrons. The monoisotopic (exact) mass is 459 g/mol. The van der Waals surface area contributed by atoms with Crippen LogP contribution in [0.15, 0.2) is 60.7 Å². The summed E-state index contributed by atoms with van der Waals surface area (Å²) in [5.74, 6) is 0.771. The first kappa shape index (κ1) is 22.3. The standard InChI is InChI=1S/C27H33N5O2/c1-29-11-13-31(14-12-29)26-4-2-3-21-5-10-24(19-25(21)26)34-20-27(33)32-17-15-30(16-18-32)23-8-6-22(28)7-9-23/h2-10,19H,11-18,20,28H2,1H3. The van der Waals surface area contributed by atoms with Crippen LogP contribution in [0.1, 0.15) is 0 Å². The van der Waals surface area contributed by atoms with Crippen molar-refractivity contribution in [2.75, 3.05) is 81.5 Å². The van der Waals surface area contributed by atoms with Crippen molar-refractivity contribution < 1.29 is 9.53 Å². The van der Waals surface area contributed by atoms with Crippen LogP contribution in [-0.4, -0.2) is 81.7 Å². The van der Waals surface area contributed by atoms with Crippen LogP contribution in [0.2, 0.25) is 0 Å². The minimum Gasteiger partial charge on any atom is -0.484 e. The van der Waals surface area contributed by atoms with Crippen LogP contribution in [-0.2, 0) is 4.79 Å². The number of carbonyl (C=O) groups is 1. The van der Waals surface area contributed by atoms with Crippen LogP contribution >= 0.6 is 0 Å². The van der Waals surface area contributed by atoms with E-state index in [-0.39, 0.29) is 12.5 Å². The third-order valence-electron chi connectivity index (χ3n) is 6.93. The van der Waals surface area contributed by atoms with Crippen molar-refractivity contribution in [3.8, 4) is 5.75 Å². The maximum Gasteiger partial charge on any atom is 0.260 e. The second-order valence-electron chi connectivity index (χ2n) is 9.20. The van der Waals surface area contributed by atoms with Gasteiger partial charge in [-0.05, 0) is 54.9 Å². The number of nitrogens with two attached hydrogens (primary N) is 1. The third-order valence-corrected chi connectivity index (χ3v) is 6.93. The van der Waals surface area contributed by atoms with Crippen LogP contribution in [0.4, 0.5) is 17.1 Å². The predicted octanol–water partition coefficient (Wildman–Crippen LogP) is 2.90. The van der Waals surface area contributed by atoms with E-state index < -0.39 is 0 Å². The van der Waals surface area contributed by atoms with E-state index in [1.165, 1.54) is 16.5 Å². The quantitative estimate of drug-likeness (QED) is 0.592. The Morgan fingerprint density at radius 1 is 0.853 bits per heavy atom. The van der Waals surface area contributed by atoms with E-state index in [1.807, 2.05) is 35.2 Å². The molecular weight excluding hydrogens is 426 g/mol. The molecule has 1 amide bonds. The number of carbonyl (C=O) groups excluding carboxylic acids is 1. The Morgan fingerprint density at radius 3 is 2.29 bits per heavy atom. The lowest BCUT2D eigenvalue weighted by molar-refractivity contribution is -0.133. The van der Waals surface area contributed by atoms with Crippen molar-refractivity contribution in [3.05, 3.63) is 60.7 Å². The van der Waals surface area contributed by atoms with Crippen molar-refractivity contribution in [2.45, 2.75) is 0 Å². The molecule has 178 valence electrons. The zero-order valence-corrected chi connectivity index (χ0v) is 19.8. The molecule has 0 aromatic heterocycles. The van der Waals surface area contributed by atoms with Gasteiger partial charge < -0.3 is 30.1 Å². The first-order valence-corrected chi connectivity index (χ1v) is 12.0. The van der Waals surface area contributed by atoms with Crippen LogP contribution < -0.4 is 20.3 Å². The number of hydrogen-bond donors (Lipinski definition) is 1. The molecule has 2 N–H and O–H groups in total. The van der Waals surface area contributed by atoms with Crippen molar-refractivity contribution >= 4 is 33.7 Å². The van der Waals surface area contributed by atoms with Gasteiger partial charge >= 0.3 is 0 Å². The van der Waals surface area contributed by atoms with Crippen LogP contribution in [0, 0.1) is 0 Å². The summed E-state index contributed by atoms with van der Waals surface area (Å²) in [5, 5.41) is 2.36. The number of nitrogen functional groups attached to an aromatic ring is 1. The number of ether oxygens (including phenoxy) is 1. The number of piperazine rings is 2. The van der Waals surface area contributed by atoms with Gasteiger partial charge in [0.05, 0.1) is 0 Å².